The average Bonchev–Trinajstić information content (AvgIpc) is 3.76. The van der Waals surface area contributed by atoms with Gasteiger partial charge in [-0.2, -0.15) is 0 Å². The van der Waals surface area contributed by atoms with Gasteiger partial charge in [-0.3, -0.25) is 24.1 Å². The number of sulfonamides is 1. The minimum atomic E-state index is -3.94. The van der Waals surface area contributed by atoms with Gasteiger partial charge in [0.05, 0.1) is 11.8 Å². The Hall–Kier alpha value is -4.27. The summed E-state index contributed by atoms with van der Waals surface area (Å²) in [6.07, 6.45) is 1.84. The molecule has 4 rings (SSSR count). The van der Waals surface area contributed by atoms with Crippen molar-refractivity contribution in [2.24, 2.45) is 5.41 Å². The first kappa shape index (κ1) is 37.5. The number of rotatable bonds is 11. The first-order valence-corrected chi connectivity index (χ1v) is 17.7. The second kappa shape index (κ2) is 13.9. The maximum Gasteiger partial charge on any atom is 0.408 e. The van der Waals surface area contributed by atoms with Crippen molar-refractivity contribution in [3.63, 3.8) is 0 Å². The van der Waals surface area contributed by atoms with Gasteiger partial charge >= 0.3 is 6.09 Å². The molecule has 2 aliphatic rings. The van der Waals surface area contributed by atoms with Gasteiger partial charge in [0.1, 0.15) is 46.4 Å². The molecule has 0 spiro atoms. The number of fused-ring (bicyclic) bond motifs is 1. The summed E-state index contributed by atoms with van der Waals surface area (Å²) in [5, 5.41) is 5.03. The van der Waals surface area contributed by atoms with E-state index in [1.807, 2.05) is 0 Å². The number of aromatic nitrogens is 1. The zero-order chi connectivity index (χ0) is 36.5. The smallest absolute Gasteiger partial charge is 0.408 e. The van der Waals surface area contributed by atoms with Crippen molar-refractivity contribution < 1.29 is 41.5 Å². The van der Waals surface area contributed by atoms with Gasteiger partial charge in [-0.05, 0) is 70.6 Å². The SMILES string of the molecule is C=CC[C@@](C)(NC(=O)[C@@H]1C[C@@H](Oc2ccnc3c(F)cccc23)CN1C(=O)[C@@H](NC(=O)OC(C)(C)C)C(C)(C)C)C(=O)NS(=O)(=O)C1CC1. The van der Waals surface area contributed by atoms with Crippen LogP contribution in [0.1, 0.15) is 74.1 Å². The molecule has 2 heterocycles. The van der Waals surface area contributed by atoms with Crippen LogP contribution < -0.4 is 20.1 Å². The van der Waals surface area contributed by atoms with Crippen molar-refractivity contribution in [1.29, 1.82) is 0 Å². The lowest BCUT2D eigenvalue weighted by molar-refractivity contribution is -0.143. The number of amides is 4. The number of nitrogens with zero attached hydrogens (tertiary/aromatic N) is 2. The van der Waals surface area contributed by atoms with Crippen molar-refractivity contribution in [3.05, 3.63) is 48.9 Å². The van der Waals surface area contributed by atoms with Gasteiger partial charge in [0.25, 0.3) is 5.91 Å². The zero-order valence-corrected chi connectivity index (χ0v) is 29.8. The number of nitrogens with one attached hydrogen (secondary N) is 3. The van der Waals surface area contributed by atoms with Gasteiger partial charge in [-0.1, -0.05) is 32.9 Å². The molecular weight excluding hydrogens is 657 g/mol. The maximum absolute atomic E-state index is 14.5. The van der Waals surface area contributed by atoms with E-state index in [1.165, 1.54) is 36.2 Å². The predicted molar refractivity (Wildman–Crippen MR) is 180 cm³/mol. The van der Waals surface area contributed by atoms with Crippen LogP contribution >= 0.6 is 0 Å². The number of likely N-dealkylation sites (tertiary alicyclic amines) is 1. The molecule has 1 saturated heterocycles. The number of hydrogen-bond acceptors (Lipinski definition) is 9. The van der Waals surface area contributed by atoms with Gasteiger partial charge in [-0.25, -0.2) is 17.6 Å². The number of halogens is 1. The third kappa shape index (κ3) is 9.05. The molecule has 1 aromatic carbocycles. The molecule has 2 fully saturated rings. The van der Waals surface area contributed by atoms with Crippen molar-refractivity contribution in [2.75, 3.05) is 6.54 Å². The number of ether oxygens (including phenoxy) is 2. The molecule has 13 nitrogen and oxygen atoms in total. The molecule has 3 N–H and O–H groups in total. The Bertz CT molecular complexity index is 1730. The van der Waals surface area contributed by atoms with Gasteiger partial charge in [0.2, 0.25) is 21.8 Å². The highest BCUT2D eigenvalue weighted by atomic mass is 32.2. The van der Waals surface area contributed by atoms with Crippen molar-refractivity contribution in [1.82, 2.24) is 25.2 Å². The van der Waals surface area contributed by atoms with Gasteiger partial charge < -0.3 is 25.0 Å². The van der Waals surface area contributed by atoms with E-state index in [0.717, 1.165) is 0 Å². The molecule has 4 amide bonds. The topological polar surface area (TPSA) is 173 Å². The fourth-order valence-electron chi connectivity index (χ4n) is 5.56. The molecule has 0 unspecified atom stereocenters. The Labute approximate surface area is 286 Å². The highest BCUT2D eigenvalue weighted by Crippen LogP contribution is 2.32. The average molecular weight is 704 g/mol. The van der Waals surface area contributed by atoms with E-state index in [9.17, 15) is 32.0 Å². The summed E-state index contributed by atoms with van der Waals surface area (Å²) in [5.74, 6) is -2.57. The van der Waals surface area contributed by atoms with E-state index >= 15 is 0 Å². The minimum absolute atomic E-state index is 0.0494. The molecule has 49 heavy (non-hydrogen) atoms. The summed E-state index contributed by atoms with van der Waals surface area (Å²) in [4.78, 5) is 60.0. The number of pyridine rings is 1. The molecule has 15 heteroatoms. The molecule has 1 saturated carbocycles. The second-order valence-corrected chi connectivity index (χ2v) is 16.8. The lowest BCUT2D eigenvalue weighted by atomic mass is 9.85. The normalized spacial score (nSPS) is 20.1. The first-order chi connectivity index (χ1) is 22.6. The van der Waals surface area contributed by atoms with Crippen LogP contribution in [-0.4, -0.2) is 83.2 Å². The van der Waals surface area contributed by atoms with E-state index in [0.29, 0.717) is 18.2 Å². The van der Waals surface area contributed by atoms with E-state index < -0.39 is 79.6 Å². The van der Waals surface area contributed by atoms with Gasteiger partial charge in [-0.15, -0.1) is 6.58 Å². The van der Waals surface area contributed by atoms with Crippen LogP contribution in [0.2, 0.25) is 0 Å². The monoisotopic (exact) mass is 703 g/mol. The Balaban J connectivity index is 1.67. The number of para-hydroxylation sites is 1. The van der Waals surface area contributed by atoms with E-state index in [1.54, 1.807) is 53.7 Å². The third-order valence-electron chi connectivity index (χ3n) is 8.25. The minimum Gasteiger partial charge on any atom is -0.488 e. The first-order valence-electron chi connectivity index (χ1n) is 16.1. The standard InChI is InChI=1S/C34H46FN5O8S/c1-9-16-34(8,30(43)39-49(45,46)21-13-14-21)38-28(41)24-18-20(47-25-15-17-36-26-22(25)11-10-12-23(26)35)19-40(24)29(42)27(32(2,3)4)37-31(44)48-33(5,6)7/h9-12,15,17,20-21,24,27H,1,13-14,16,18-19H2,2-8H3,(H,37,44)(H,38,41)(H,39,43)/t20-,24+,27-,34-/m1/s1. The Kier molecular flexibility index (Phi) is 10.7. The van der Waals surface area contributed by atoms with Gasteiger partial charge in [0.15, 0.2) is 0 Å². The Morgan fingerprint density at radius 3 is 2.37 bits per heavy atom. The van der Waals surface area contributed by atoms with Crippen LogP contribution in [-0.2, 0) is 29.1 Å². The number of hydrogen-bond donors (Lipinski definition) is 3. The van der Waals surface area contributed by atoms with E-state index in [4.69, 9.17) is 9.47 Å². The number of carbonyl (C=O) groups excluding carboxylic acids is 4. The lowest BCUT2D eigenvalue weighted by Crippen LogP contribution is -2.62. The maximum atomic E-state index is 14.5. The Morgan fingerprint density at radius 2 is 1.78 bits per heavy atom. The summed E-state index contributed by atoms with van der Waals surface area (Å²) >= 11 is 0. The lowest BCUT2D eigenvalue weighted by Gasteiger charge is -2.36. The molecule has 2 aromatic rings. The number of carbonyl (C=O) groups is 4. The molecule has 1 aliphatic heterocycles. The highest BCUT2D eigenvalue weighted by Gasteiger charge is 2.48. The largest absolute Gasteiger partial charge is 0.488 e. The van der Waals surface area contributed by atoms with E-state index in [-0.39, 0.29) is 30.7 Å². The van der Waals surface area contributed by atoms with Gasteiger partial charge in [0, 0.05) is 18.0 Å². The molecular formula is C34H46FN5O8S. The van der Waals surface area contributed by atoms with Crippen LogP contribution in [0.3, 0.4) is 0 Å². The van der Waals surface area contributed by atoms with Crippen LogP contribution in [0.4, 0.5) is 9.18 Å². The molecule has 268 valence electrons. The molecule has 0 radical (unpaired) electrons. The summed E-state index contributed by atoms with van der Waals surface area (Å²) < 4.78 is 53.5. The van der Waals surface area contributed by atoms with Crippen molar-refractivity contribution in [3.8, 4) is 5.75 Å². The van der Waals surface area contributed by atoms with Crippen LogP contribution in [0.25, 0.3) is 10.9 Å². The number of benzene rings is 1. The predicted octanol–water partition coefficient (Wildman–Crippen LogP) is 3.72. The van der Waals surface area contributed by atoms with Crippen LogP contribution in [0, 0.1) is 11.2 Å². The second-order valence-electron chi connectivity index (χ2n) is 14.9. The summed E-state index contributed by atoms with van der Waals surface area (Å²) in [6.45, 7) is 15.2. The Morgan fingerprint density at radius 1 is 1.10 bits per heavy atom. The molecule has 0 bridgehead atoms. The fraction of sp³-hybridized carbons (Fsp3) is 0.559. The fourth-order valence-corrected chi connectivity index (χ4v) is 6.97. The summed E-state index contributed by atoms with van der Waals surface area (Å²) in [5.41, 5.74) is -3.35. The highest BCUT2D eigenvalue weighted by molar-refractivity contribution is 7.91. The summed E-state index contributed by atoms with van der Waals surface area (Å²) in [7, 11) is -3.94. The summed E-state index contributed by atoms with van der Waals surface area (Å²) in [6, 6.07) is 3.60. The van der Waals surface area contributed by atoms with Crippen molar-refractivity contribution >= 4 is 44.7 Å². The van der Waals surface area contributed by atoms with Crippen LogP contribution in [0.5, 0.6) is 5.75 Å². The zero-order valence-electron chi connectivity index (χ0n) is 29.0. The van der Waals surface area contributed by atoms with Crippen LogP contribution in [0.15, 0.2) is 43.1 Å². The third-order valence-corrected chi connectivity index (χ3v) is 10.1. The van der Waals surface area contributed by atoms with Crippen molar-refractivity contribution in [2.45, 2.75) is 109 Å². The molecule has 4 atom stereocenters. The van der Waals surface area contributed by atoms with E-state index in [2.05, 4.69) is 26.9 Å². The quantitative estimate of drug-likeness (QED) is 0.295. The molecule has 1 aliphatic carbocycles. The molecule has 1 aromatic heterocycles. The number of alkyl carbamates (subject to hydrolysis) is 1.